The minimum atomic E-state index is -2.67. The summed E-state index contributed by atoms with van der Waals surface area (Å²) < 4.78 is 24.5. The van der Waals surface area contributed by atoms with E-state index in [1.54, 1.807) is 0 Å². The van der Waals surface area contributed by atoms with Gasteiger partial charge >= 0.3 is 12.0 Å². The molecule has 0 heterocycles. The van der Waals surface area contributed by atoms with Crippen LogP contribution in [0.2, 0.25) is 0 Å². The number of carbonyl (C=O) groups is 2. The number of carbonyl (C=O) groups excluding carboxylic acids is 1. The number of carboxylic acid groups (broad SMARTS) is 1. The summed E-state index contributed by atoms with van der Waals surface area (Å²) in [5.74, 6) is -1.40. The van der Waals surface area contributed by atoms with Crippen LogP contribution in [0.5, 0.6) is 0 Å². The van der Waals surface area contributed by atoms with Gasteiger partial charge in [0.1, 0.15) is 0 Å². The summed E-state index contributed by atoms with van der Waals surface area (Å²) in [6.45, 7) is -1.32. The number of urea groups is 1. The van der Waals surface area contributed by atoms with Gasteiger partial charge in [0.2, 0.25) is 0 Å². The number of carboxylic acids is 1. The fraction of sp³-hybridized carbons (Fsp3) is 0.818. The van der Waals surface area contributed by atoms with Crippen molar-refractivity contribution in [3.05, 3.63) is 0 Å². The van der Waals surface area contributed by atoms with E-state index in [2.05, 4.69) is 5.32 Å². The summed E-state index contributed by atoms with van der Waals surface area (Å²) >= 11 is 0. The number of aliphatic hydroxyl groups excluding tert-OH is 1. The van der Waals surface area contributed by atoms with E-state index in [1.165, 1.54) is 0 Å². The van der Waals surface area contributed by atoms with E-state index >= 15 is 0 Å². The van der Waals surface area contributed by atoms with E-state index in [0.717, 1.165) is 4.90 Å². The molecule has 110 valence electrons. The summed E-state index contributed by atoms with van der Waals surface area (Å²) in [5, 5.41) is 20.1. The smallest absolute Gasteiger partial charge is 0.317 e. The average molecular weight is 280 g/mol. The lowest BCUT2D eigenvalue weighted by molar-refractivity contribution is -0.141. The molecule has 1 aliphatic rings. The molecule has 2 atom stereocenters. The number of nitrogens with one attached hydrogen (secondary N) is 1. The Kier molecular flexibility index (Phi) is 5.94. The molecule has 0 radical (unpaired) electrons. The maximum atomic E-state index is 12.3. The lowest BCUT2D eigenvalue weighted by Crippen LogP contribution is -2.47. The van der Waals surface area contributed by atoms with Gasteiger partial charge in [0.15, 0.2) is 0 Å². The van der Waals surface area contributed by atoms with Crippen molar-refractivity contribution in [2.24, 2.45) is 5.92 Å². The quantitative estimate of drug-likeness (QED) is 0.661. The number of hydrogen-bond acceptors (Lipinski definition) is 3. The first kappa shape index (κ1) is 15.6. The number of rotatable bonds is 6. The van der Waals surface area contributed by atoms with Crippen molar-refractivity contribution in [3.8, 4) is 0 Å². The number of aliphatic hydroxyl groups is 1. The number of nitrogens with zero attached hydrogens (tertiary/aromatic N) is 1. The standard InChI is InChI=1S/C11H18F2N2O4/c12-9(13)6-15(3-4-16)11(19)14-8-2-1-7(5-8)10(17)18/h7-9,16H,1-6H2,(H,14,19)(H,17,18)/t7-,8+/m1/s1. The van der Waals surface area contributed by atoms with Gasteiger partial charge in [0.05, 0.1) is 19.1 Å². The molecule has 0 spiro atoms. The van der Waals surface area contributed by atoms with E-state index in [0.29, 0.717) is 19.3 Å². The molecular weight excluding hydrogens is 262 g/mol. The van der Waals surface area contributed by atoms with Crippen molar-refractivity contribution in [1.29, 1.82) is 0 Å². The van der Waals surface area contributed by atoms with Gasteiger partial charge in [-0.25, -0.2) is 13.6 Å². The third-order valence-corrected chi connectivity index (χ3v) is 3.12. The largest absolute Gasteiger partial charge is 0.481 e. The number of hydrogen-bond donors (Lipinski definition) is 3. The van der Waals surface area contributed by atoms with Crippen LogP contribution in [0.25, 0.3) is 0 Å². The Bertz CT molecular complexity index is 328. The van der Waals surface area contributed by atoms with E-state index in [1.807, 2.05) is 0 Å². The molecule has 1 fully saturated rings. The first-order chi connectivity index (χ1) is 8.93. The van der Waals surface area contributed by atoms with E-state index < -0.39 is 37.5 Å². The number of halogens is 2. The number of amides is 2. The second-order valence-corrected chi connectivity index (χ2v) is 4.56. The lowest BCUT2D eigenvalue weighted by Gasteiger charge is -2.24. The van der Waals surface area contributed by atoms with Crippen LogP contribution in [0.15, 0.2) is 0 Å². The number of aliphatic carboxylic acids is 1. The van der Waals surface area contributed by atoms with E-state index in [9.17, 15) is 18.4 Å². The van der Waals surface area contributed by atoms with Gasteiger partial charge in [0, 0.05) is 12.6 Å². The molecule has 1 aliphatic carbocycles. The molecular formula is C11H18F2N2O4. The highest BCUT2D eigenvalue weighted by Gasteiger charge is 2.31. The molecule has 1 rings (SSSR count). The minimum Gasteiger partial charge on any atom is -0.481 e. The first-order valence-corrected chi connectivity index (χ1v) is 6.11. The highest BCUT2D eigenvalue weighted by Crippen LogP contribution is 2.25. The van der Waals surface area contributed by atoms with Gasteiger partial charge in [-0.1, -0.05) is 0 Å². The van der Waals surface area contributed by atoms with Crippen molar-refractivity contribution in [2.45, 2.75) is 31.7 Å². The third-order valence-electron chi connectivity index (χ3n) is 3.12. The van der Waals surface area contributed by atoms with Crippen molar-refractivity contribution in [1.82, 2.24) is 10.2 Å². The number of alkyl halides is 2. The fourth-order valence-corrected chi connectivity index (χ4v) is 2.17. The molecule has 0 aromatic heterocycles. The Morgan fingerprint density at radius 1 is 1.37 bits per heavy atom. The van der Waals surface area contributed by atoms with Gasteiger partial charge in [-0.05, 0) is 19.3 Å². The topological polar surface area (TPSA) is 89.9 Å². The van der Waals surface area contributed by atoms with Crippen LogP contribution in [0.4, 0.5) is 13.6 Å². The molecule has 0 aromatic rings. The van der Waals surface area contributed by atoms with Gasteiger partial charge in [0.25, 0.3) is 6.43 Å². The molecule has 3 N–H and O–H groups in total. The Hall–Kier alpha value is -1.44. The van der Waals surface area contributed by atoms with Gasteiger partial charge in [-0.15, -0.1) is 0 Å². The second kappa shape index (κ2) is 7.22. The molecule has 0 unspecified atom stereocenters. The first-order valence-electron chi connectivity index (χ1n) is 6.11. The summed E-state index contributed by atoms with van der Waals surface area (Å²) in [5.41, 5.74) is 0. The lowest BCUT2D eigenvalue weighted by atomic mass is 10.1. The SMILES string of the molecule is O=C(O)[C@@H]1CC[C@H](NC(=O)N(CCO)CC(F)F)C1. The maximum Gasteiger partial charge on any atom is 0.317 e. The van der Waals surface area contributed by atoms with Crippen molar-refractivity contribution >= 4 is 12.0 Å². The predicted molar refractivity (Wildman–Crippen MR) is 62.0 cm³/mol. The van der Waals surface area contributed by atoms with Crippen LogP contribution in [-0.2, 0) is 4.79 Å². The molecule has 1 saturated carbocycles. The second-order valence-electron chi connectivity index (χ2n) is 4.56. The molecule has 2 amide bonds. The molecule has 0 bridgehead atoms. The van der Waals surface area contributed by atoms with Gasteiger partial charge in [-0.3, -0.25) is 4.79 Å². The summed E-state index contributed by atoms with van der Waals surface area (Å²) in [4.78, 5) is 23.3. The average Bonchev–Trinajstić information content (AvgIpc) is 2.76. The predicted octanol–water partition coefficient (Wildman–Crippen LogP) is 0.509. The monoisotopic (exact) mass is 280 g/mol. The highest BCUT2D eigenvalue weighted by atomic mass is 19.3. The van der Waals surface area contributed by atoms with Crippen molar-refractivity contribution in [3.63, 3.8) is 0 Å². The fourth-order valence-electron chi connectivity index (χ4n) is 2.17. The van der Waals surface area contributed by atoms with E-state index in [4.69, 9.17) is 10.2 Å². The summed E-state index contributed by atoms with van der Waals surface area (Å²) in [7, 11) is 0. The van der Waals surface area contributed by atoms with Gasteiger partial charge < -0.3 is 20.4 Å². The minimum absolute atomic E-state index is 0.175. The Morgan fingerprint density at radius 3 is 2.53 bits per heavy atom. The summed E-state index contributed by atoms with van der Waals surface area (Å²) in [6.07, 6.45) is -1.38. The van der Waals surface area contributed by atoms with Crippen LogP contribution < -0.4 is 5.32 Å². The van der Waals surface area contributed by atoms with Crippen molar-refractivity contribution < 1.29 is 28.6 Å². The maximum absolute atomic E-state index is 12.3. The van der Waals surface area contributed by atoms with Crippen LogP contribution in [-0.4, -0.2) is 59.3 Å². The molecule has 0 aliphatic heterocycles. The molecule has 6 nitrogen and oxygen atoms in total. The van der Waals surface area contributed by atoms with E-state index in [-0.39, 0.29) is 12.6 Å². The zero-order chi connectivity index (χ0) is 14.4. The molecule has 8 heteroatoms. The Morgan fingerprint density at radius 2 is 2.05 bits per heavy atom. The zero-order valence-corrected chi connectivity index (χ0v) is 10.4. The van der Waals surface area contributed by atoms with Crippen LogP contribution in [0.1, 0.15) is 19.3 Å². The molecule has 0 aromatic carbocycles. The van der Waals surface area contributed by atoms with Gasteiger partial charge in [-0.2, -0.15) is 0 Å². The van der Waals surface area contributed by atoms with Crippen LogP contribution in [0, 0.1) is 5.92 Å². The van der Waals surface area contributed by atoms with Crippen LogP contribution >= 0.6 is 0 Å². The van der Waals surface area contributed by atoms with Crippen LogP contribution in [0.3, 0.4) is 0 Å². The Labute approximate surface area is 109 Å². The normalized spacial score (nSPS) is 22.5. The molecule has 0 saturated heterocycles. The molecule has 19 heavy (non-hydrogen) atoms. The summed E-state index contributed by atoms with van der Waals surface area (Å²) in [6, 6.07) is -1.00. The highest BCUT2D eigenvalue weighted by molar-refractivity contribution is 5.75. The van der Waals surface area contributed by atoms with Crippen molar-refractivity contribution in [2.75, 3.05) is 19.7 Å². The Balaban J connectivity index is 2.46. The third kappa shape index (κ3) is 4.98. The zero-order valence-electron chi connectivity index (χ0n) is 10.4.